The molecule has 3 aromatic heterocycles. The molecule has 7 nitrogen and oxygen atoms in total. The average Bonchev–Trinajstić information content (AvgIpc) is 3.28. The van der Waals surface area contributed by atoms with Gasteiger partial charge in [0.2, 0.25) is 11.9 Å². The zero-order chi connectivity index (χ0) is 25.9. The lowest BCUT2D eigenvalue weighted by Gasteiger charge is -2.32. The smallest absolute Gasteiger partial charge is 0.224 e. The Morgan fingerprint density at radius 2 is 1.78 bits per heavy atom. The summed E-state index contributed by atoms with van der Waals surface area (Å²) < 4.78 is 0. The number of aryl methyl sites for hydroxylation is 2. The van der Waals surface area contributed by atoms with Gasteiger partial charge in [0.25, 0.3) is 0 Å². The van der Waals surface area contributed by atoms with Crippen LogP contribution >= 0.6 is 0 Å². The van der Waals surface area contributed by atoms with Crippen LogP contribution in [0.4, 0.5) is 5.95 Å². The third kappa shape index (κ3) is 5.50. The van der Waals surface area contributed by atoms with Crippen molar-refractivity contribution in [2.45, 2.75) is 58.8 Å². The van der Waals surface area contributed by atoms with Gasteiger partial charge in [-0.25, -0.2) is 9.97 Å². The summed E-state index contributed by atoms with van der Waals surface area (Å²) in [5.74, 6) is 1.61. The molecular weight excluding hydrogens is 460 g/mol. The second-order valence-corrected chi connectivity index (χ2v) is 10.4. The number of rotatable bonds is 7. The van der Waals surface area contributed by atoms with E-state index in [9.17, 15) is 4.79 Å². The Kier molecular flexibility index (Phi) is 7.22. The molecule has 4 aromatic rings. The zero-order valence-electron chi connectivity index (χ0n) is 22.2. The number of nitrogens with zero attached hydrogens (tertiary/aromatic N) is 4. The number of pyridine rings is 1. The van der Waals surface area contributed by atoms with Crippen LogP contribution in [0.3, 0.4) is 0 Å². The minimum atomic E-state index is 0.192. The number of nitrogens with one attached hydrogen (secondary N) is 2. The van der Waals surface area contributed by atoms with Crippen LogP contribution in [0.25, 0.3) is 22.2 Å². The number of carbonyl (C=O) groups is 1. The number of carbonyl (C=O) groups excluding carboxylic acids is 1. The number of amides is 1. The highest BCUT2D eigenvalue weighted by Gasteiger charge is 2.25. The van der Waals surface area contributed by atoms with Crippen LogP contribution in [-0.2, 0) is 4.79 Å². The van der Waals surface area contributed by atoms with E-state index in [1.807, 2.05) is 4.90 Å². The Hall–Kier alpha value is -3.74. The van der Waals surface area contributed by atoms with Gasteiger partial charge in [-0.05, 0) is 80.0 Å². The number of H-pyrrole nitrogens is 1. The van der Waals surface area contributed by atoms with Gasteiger partial charge in [-0.3, -0.25) is 9.78 Å². The van der Waals surface area contributed by atoms with Crippen LogP contribution in [-0.4, -0.2) is 50.4 Å². The molecule has 1 aliphatic rings. The van der Waals surface area contributed by atoms with E-state index in [0.717, 1.165) is 37.3 Å². The average molecular weight is 497 g/mol. The first-order valence-electron chi connectivity index (χ1n) is 13.3. The van der Waals surface area contributed by atoms with E-state index >= 15 is 0 Å². The molecule has 0 radical (unpaired) electrons. The van der Waals surface area contributed by atoms with Crippen molar-refractivity contribution in [1.82, 2.24) is 24.8 Å². The second kappa shape index (κ2) is 10.7. The normalized spacial score (nSPS) is 14.5. The molecule has 0 aliphatic carbocycles. The maximum atomic E-state index is 12.7. The fraction of sp³-hybridized carbons (Fsp3) is 0.400. The molecule has 0 bridgehead atoms. The van der Waals surface area contributed by atoms with E-state index in [2.05, 4.69) is 83.3 Å². The van der Waals surface area contributed by atoms with Crippen molar-refractivity contribution >= 4 is 22.8 Å². The number of aromatic amines is 1. The zero-order valence-corrected chi connectivity index (χ0v) is 22.2. The van der Waals surface area contributed by atoms with E-state index in [4.69, 9.17) is 0 Å². The summed E-state index contributed by atoms with van der Waals surface area (Å²) in [6.07, 6.45) is 5.82. The Morgan fingerprint density at radius 3 is 2.46 bits per heavy atom. The SMILES string of the molecule is Cc1cc(-c2[nH]c3ccc(C4CCN(C(=O)CCNc5ncccn5)CC4)cc3c2C(C)C)cc(C)n1. The van der Waals surface area contributed by atoms with Crippen LogP contribution in [0.5, 0.6) is 0 Å². The maximum absolute atomic E-state index is 12.7. The lowest BCUT2D eigenvalue weighted by atomic mass is 9.87. The molecule has 0 unspecified atom stereocenters. The van der Waals surface area contributed by atoms with Crippen molar-refractivity contribution in [3.05, 3.63) is 71.3 Å². The summed E-state index contributed by atoms with van der Waals surface area (Å²) >= 11 is 0. The van der Waals surface area contributed by atoms with Gasteiger partial charge in [-0.15, -0.1) is 0 Å². The first-order chi connectivity index (χ1) is 17.9. The van der Waals surface area contributed by atoms with Crippen molar-refractivity contribution in [2.75, 3.05) is 25.0 Å². The van der Waals surface area contributed by atoms with Gasteiger partial charge in [-0.2, -0.15) is 0 Å². The Bertz CT molecular complexity index is 1370. The standard InChI is InChI=1S/C30H36N6O/c1-19(2)28-25-18-23(6-7-26(25)35-29(28)24-16-20(3)34-21(4)17-24)22-9-14-36(15-10-22)27(37)8-13-33-30-31-11-5-12-32-30/h5-7,11-12,16-19,22,35H,8-10,13-15H2,1-4H3,(H,31,32,33). The highest BCUT2D eigenvalue weighted by Crippen LogP contribution is 2.38. The third-order valence-corrected chi connectivity index (χ3v) is 7.32. The molecule has 1 amide bonds. The number of likely N-dealkylation sites (tertiary alicyclic amines) is 1. The molecule has 5 rings (SSSR count). The number of anilines is 1. The minimum Gasteiger partial charge on any atom is -0.354 e. The minimum absolute atomic E-state index is 0.192. The predicted octanol–water partition coefficient (Wildman–Crippen LogP) is 5.97. The summed E-state index contributed by atoms with van der Waals surface area (Å²) in [7, 11) is 0. The van der Waals surface area contributed by atoms with Gasteiger partial charge < -0.3 is 15.2 Å². The first-order valence-corrected chi connectivity index (χ1v) is 13.3. The summed E-state index contributed by atoms with van der Waals surface area (Å²) in [4.78, 5) is 31.3. The quantitative estimate of drug-likeness (QED) is 0.329. The van der Waals surface area contributed by atoms with Crippen molar-refractivity contribution in [1.29, 1.82) is 0 Å². The number of piperidine rings is 1. The van der Waals surface area contributed by atoms with Gasteiger partial charge >= 0.3 is 0 Å². The van der Waals surface area contributed by atoms with E-state index in [1.165, 1.54) is 33.3 Å². The molecule has 4 heterocycles. The molecule has 1 aromatic carbocycles. The lowest BCUT2D eigenvalue weighted by molar-refractivity contribution is -0.131. The van der Waals surface area contributed by atoms with Crippen molar-refractivity contribution in [2.24, 2.45) is 0 Å². The molecular formula is C30H36N6O. The highest BCUT2D eigenvalue weighted by atomic mass is 16.2. The predicted molar refractivity (Wildman–Crippen MR) is 149 cm³/mol. The number of hydrogen-bond acceptors (Lipinski definition) is 5. The molecule has 0 saturated carbocycles. The third-order valence-electron chi connectivity index (χ3n) is 7.32. The largest absolute Gasteiger partial charge is 0.354 e. The van der Waals surface area contributed by atoms with Crippen LogP contribution in [0.1, 0.15) is 67.5 Å². The first kappa shape index (κ1) is 24.9. The number of fused-ring (bicyclic) bond motifs is 1. The molecule has 192 valence electrons. The number of aromatic nitrogens is 4. The van der Waals surface area contributed by atoms with E-state index in [-0.39, 0.29) is 5.91 Å². The maximum Gasteiger partial charge on any atom is 0.224 e. The molecule has 2 N–H and O–H groups in total. The van der Waals surface area contributed by atoms with Gasteiger partial charge in [-0.1, -0.05) is 19.9 Å². The van der Waals surface area contributed by atoms with Gasteiger partial charge in [0.1, 0.15) is 0 Å². The molecule has 0 atom stereocenters. The van der Waals surface area contributed by atoms with Crippen LogP contribution in [0.2, 0.25) is 0 Å². The van der Waals surface area contributed by atoms with E-state index < -0.39 is 0 Å². The second-order valence-electron chi connectivity index (χ2n) is 10.4. The lowest BCUT2D eigenvalue weighted by Crippen LogP contribution is -2.38. The highest BCUT2D eigenvalue weighted by molar-refractivity contribution is 5.92. The van der Waals surface area contributed by atoms with E-state index in [0.29, 0.717) is 30.7 Å². The Morgan fingerprint density at radius 1 is 1.08 bits per heavy atom. The van der Waals surface area contributed by atoms with Crippen LogP contribution in [0, 0.1) is 13.8 Å². The monoisotopic (exact) mass is 496 g/mol. The van der Waals surface area contributed by atoms with Crippen molar-refractivity contribution < 1.29 is 4.79 Å². The van der Waals surface area contributed by atoms with E-state index in [1.54, 1.807) is 18.5 Å². The molecule has 37 heavy (non-hydrogen) atoms. The summed E-state index contributed by atoms with van der Waals surface area (Å²) in [6, 6.07) is 13.0. The van der Waals surface area contributed by atoms with Crippen LogP contribution in [0.15, 0.2) is 48.8 Å². The molecule has 1 saturated heterocycles. The summed E-state index contributed by atoms with van der Waals surface area (Å²) in [5.41, 5.74) is 8.39. The molecule has 0 spiro atoms. The molecule has 1 aliphatic heterocycles. The summed E-state index contributed by atoms with van der Waals surface area (Å²) in [5, 5.41) is 4.43. The van der Waals surface area contributed by atoms with Gasteiger partial charge in [0, 0.05) is 66.3 Å². The van der Waals surface area contributed by atoms with Gasteiger partial charge in [0.15, 0.2) is 0 Å². The fourth-order valence-corrected chi connectivity index (χ4v) is 5.58. The van der Waals surface area contributed by atoms with Crippen molar-refractivity contribution in [3.8, 4) is 11.3 Å². The topological polar surface area (TPSA) is 86.8 Å². The number of hydrogen-bond donors (Lipinski definition) is 2. The van der Waals surface area contributed by atoms with Crippen LogP contribution < -0.4 is 5.32 Å². The number of benzene rings is 1. The Labute approximate surface area is 218 Å². The summed E-state index contributed by atoms with van der Waals surface area (Å²) in [6.45, 7) is 10.8. The fourth-order valence-electron chi connectivity index (χ4n) is 5.58. The van der Waals surface area contributed by atoms with Crippen molar-refractivity contribution in [3.63, 3.8) is 0 Å². The molecule has 1 fully saturated rings. The Balaban J connectivity index is 1.28. The van der Waals surface area contributed by atoms with Gasteiger partial charge in [0.05, 0.1) is 5.69 Å². The molecule has 7 heteroatoms.